The van der Waals surface area contributed by atoms with E-state index < -0.39 is 0 Å². The Morgan fingerprint density at radius 2 is 1.84 bits per heavy atom. The van der Waals surface area contributed by atoms with Gasteiger partial charge in [-0.2, -0.15) is 0 Å². The Balaban J connectivity index is 1.46. The van der Waals surface area contributed by atoms with E-state index in [-0.39, 0.29) is 11.4 Å². The third kappa shape index (κ3) is 5.92. The first-order valence-corrected chi connectivity index (χ1v) is 13.2. The first-order valence-electron chi connectivity index (χ1n) is 9.77. The maximum atomic E-state index is 12.5. The third-order valence-electron chi connectivity index (χ3n) is 4.75. The van der Waals surface area contributed by atoms with Gasteiger partial charge in [0, 0.05) is 10.7 Å². The average Bonchev–Trinajstić information content (AvgIpc) is 3.09. The van der Waals surface area contributed by atoms with E-state index >= 15 is 0 Å². The summed E-state index contributed by atoms with van der Waals surface area (Å²) in [5, 5.41) is 7.02. The summed E-state index contributed by atoms with van der Waals surface area (Å²) in [5.74, 6) is 0.770. The van der Waals surface area contributed by atoms with Crippen molar-refractivity contribution in [1.29, 1.82) is 0 Å². The molecule has 1 amide bonds. The number of aryl methyl sites for hydroxylation is 1. The van der Waals surface area contributed by atoms with Gasteiger partial charge in [0.2, 0.25) is 0 Å². The lowest BCUT2D eigenvalue weighted by Crippen LogP contribution is -2.31. The van der Waals surface area contributed by atoms with Gasteiger partial charge in [-0.1, -0.05) is 53.7 Å². The average molecular weight is 689 g/mol. The van der Waals surface area contributed by atoms with E-state index in [0.717, 1.165) is 35.3 Å². The van der Waals surface area contributed by atoms with Crippen LogP contribution in [0.5, 0.6) is 5.75 Å². The Morgan fingerprint density at radius 3 is 2.53 bits per heavy atom. The number of benzene rings is 3. The van der Waals surface area contributed by atoms with Gasteiger partial charge < -0.3 is 15.4 Å². The molecule has 4 nitrogen and oxygen atoms in total. The number of hydrogen-bond acceptors (Lipinski definition) is 4. The molecule has 3 aromatic carbocycles. The van der Waals surface area contributed by atoms with Gasteiger partial charge in [-0.3, -0.25) is 4.79 Å². The van der Waals surface area contributed by atoms with Crippen LogP contribution in [0.2, 0.25) is 5.02 Å². The second kappa shape index (κ2) is 10.7. The first-order chi connectivity index (χ1) is 15.4. The maximum absolute atomic E-state index is 12.5. The van der Waals surface area contributed by atoms with Crippen LogP contribution < -0.4 is 15.4 Å². The second-order valence-corrected chi connectivity index (χ2v) is 11.1. The molecule has 1 saturated heterocycles. The third-order valence-corrected chi connectivity index (χ3v) is 7.62. The predicted octanol–water partition coefficient (Wildman–Crippen LogP) is 7.04. The van der Waals surface area contributed by atoms with Crippen molar-refractivity contribution in [3.8, 4) is 5.75 Å². The van der Waals surface area contributed by atoms with Gasteiger partial charge in [0.15, 0.2) is 5.50 Å². The summed E-state index contributed by atoms with van der Waals surface area (Å²) < 4.78 is 8.08. The minimum absolute atomic E-state index is 0.0893. The summed E-state index contributed by atoms with van der Waals surface area (Å²) in [5.41, 5.74) is 3.82. The molecule has 0 saturated carbocycles. The van der Waals surface area contributed by atoms with E-state index in [1.807, 2.05) is 73.7 Å². The molecule has 1 fully saturated rings. The molecular formula is C24H19ClI2N2O2S. The van der Waals surface area contributed by atoms with Gasteiger partial charge in [0.05, 0.1) is 12.0 Å². The Kier molecular flexibility index (Phi) is 7.91. The number of nitrogens with one attached hydrogen (secondary N) is 2. The molecule has 0 aliphatic carbocycles. The van der Waals surface area contributed by atoms with Crippen molar-refractivity contribution in [1.82, 2.24) is 5.32 Å². The highest BCUT2D eigenvalue weighted by Crippen LogP contribution is 2.34. The highest BCUT2D eigenvalue weighted by Gasteiger charge is 2.27. The fourth-order valence-corrected chi connectivity index (χ4v) is 6.51. The molecule has 32 heavy (non-hydrogen) atoms. The lowest BCUT2D eigenvalue weighted by molar-refractivity contribution is -0.116. The lowest BCUT2D eigenvalue weighted by atomic mass is 10.2. The number of carbonyl (C=O) groups is 1. The maximum Gasteiger partial charge on any atom is 0.260 e. The first kappa shape index (κ1) is 23.7. The van der Waals surface area contributed by atoms with Gasteiger partial charge in [-0.25, -0.2) is 0 Å². The number of thioether (sulfide) groups is 1. The van der Waals surface area contributed by atoms with E-state index in [9.17, 15) is 4.79 Å². The van der Waals surface area contributed by atoms with Gasteiger partial charge in [-0.15, -0.1) is 0 Å². The number of ether oxygens (including phenoxy) is 1. The van der Waals surface area contributed by atoms with Gasteiger partial charge >= 0.3 is 0 Å². The molecular weight excluding hydrogens is 670 g/mol. The number of carbonyl (C=O) groups excluding carboxylic acids is 1. The molecule has 0 aromatic heterocycles. The Morgan fingerprint density at radius 1 is 1.12 bits per heavy atom. The van der Waals surface area contributed by atoms with Crippen LogP contribution in [0.1, 0.15) is 16.7 Å². The zero-order valence-corrected chi connectivity index (χ0v) is 22.9. The van der Waals surface area contributed by atoms with Gasteiger partial charge in [0.25, 0.3) is 5.91 Å². The van der Waals surface area contributed by atoms with Crippen molar-refractivity contribution in [2.45, 2.75) is 19.0 Å². The summed E-state index contributed by atoms with van der Waals surface area (Å²) in [4.78, 5) is 13.2. The number of hydrogen-bond donors (Lipinski definition) is 2. The summed E-state index contributed by atoms with van der Waals surface area (Å²) in [6.07, 6.45) is 1.92. The van der Waals surface area contributed by atoms with Crippen molar-refractivity contribution in [2.75, 3.05) is 5.32 Å². The Hall–Kier alpha value is -1.43. The van der Waals surface area contributed by atoms with Crippen LogP contribution in [-0.2, 0) is 11.4 Å². The van der Waals surface area contributed by atoms with Crippen LogP contribution in [0.4, 0.5) is 5.69 Å². The zero-order chi connectivity index (χ0) is 22.7. The van der Waals surface area contributed by atoms with E-state index in [2.05, 4.69) is 55.8 Å². The highest BCUT2D eigenvalue weighted by atomic mass is 127. The molecule has 2 N–H and O–H groups in total. The van der Waals surface area contributed by atoms with Crippen molar-refractivity contribution >= 4 is 86.2 Å². The van der Waals surface area contributed by atoms with Crippen LogP contribution in [0, 0.1) is 14.1 Å². The number of anilines is 1. The minimum atomic E-state index is -0.236. The molecule has 1 aliphatic rings. The molecule has 1 aliphatic heterocycles. The van der Waals surface area contributed by atoms with E-state index in [1.165, 1.54) is 11.8 Å². The van der Waals surface area contributed by atoms with E-state index in [4.69, 9.17) is 16.3 Å². The highest BCUT2D eigenvalue weighted by molar-refractivity contribution is 14.1. The van der Waals surface area contributed by atoms with Crippen LogP contribution >= 0.6 is 68.5 Å². The van der Waals surface area contributed by atoms with E-state index in [1.54, 1.807) is 0 Å². The summed E-state index contributed by atoms with van der Waals surface area (Å²) >= 11 is 12.1. The Bertz CT molecular complexity index is 1160. The second-order valence-electron chi connectivity index (χ2n) is 7.17. The van der Waals surface area contributed by atoms with Crippen LogP contribution in [-0.4, -0.2) is 11.4 Å². The molecule has 0 spiro atoms. The lowest BCUT2D eigenvalue weighted by Gasteiger charge is -2.15. The van der Waals surface area contributed by atoms with Crippen molar-refractivity contribution in [2.24, 2.45) is 0 Å². The largest absolute Gasteiger partial charge is 0.487 e. The van der Waals surface area contributed by atoms with Crippen molar-refractivity contribution in [3.05, 3.63) is 94.4 Å². The van der Waals surface area contributed by atoms with Gasteiger partial charge in [0.1, 0.15) is 12.4 Å². The molecule has 164 valence electrons. The number of halogens is 3. The Labute approximate surface area is 223 Å². The number of amides is 1. The number of rotatable bonds is 6. The molecule has 0 radical (unpaired) electrons. The molecule has 0 bridgehead atoms. The molecule has 3 aromatic rings. The van der Waals surface area contributed by atoms with Gasteiger partial charge in [-0.05, 0) is 105 Å². The smallest absolute Gasteiger partial charge is 0.260 e. The fourth-order valence-electron chi connectivity index (χ4n) is 3.18. The summed E-state index contributed by atoms with van der Waals surface area (Å²) in [6.45, 7) is 2.50. The van der Waals surface area contributed by atoms with Crippen LogP contribution in [0.3, 0.4) is 0 Å². The molecule has 1 atom stereocenters. The topological polar surface area (TPSA) is 50.4 Å². The summed E-state index contributed by atoms with van der Waals surface area (Å²) in [7, 11) is 0. The predicted molar refractivity (Wildman–Crippen MR) is 150 cm³/mol. The molecule has 1 heterocycles. The summed E-state index contributed by atoms with van der Waals surface area (Å²) in [6, 6.07) is 19.8. The minimum Gasteiger partial charge on any atom is -0.487 e. The monoisotopic (exact) mass is 688 g/mol. The van der Waals surface area contributed by atoms with Crippen LogP contribution in [0.25, 0.3) is 6.08 Å². The molecule has 8 heteroatoms. The SMILES string of the molecule is Cc1cc(Cl)ccc1NC1NC(=O)/C(=C/c2cc(I)c(OCc3ccccc3)c(I)c2)S1. The molecule has 4 rings (SSSR count). The van der Waals surface area contributed by atoms with Crippen molar-refractivity contribution in [3.63, 3.8) is 0 Å². The standard InChI is InChI=1S/C24H19ClI2N2O2S/c1-14-9-17(25)7-8-20(14)28-24-29-23(30)21(32-24)12-16-10-18(26)22(19(27)11-16)31-13-15-5-3-2-4-6-15/h2-12,24,28H,13H2,1H3,(H,29,30)/b21-12-. The van der Waals surface area contributed by atoms with E-state index in [0.29, 0.717) is 16.5 Å². The fraction of sp³-hybridized carbons (Fsp3) is 0.125. The zero-order valence-electron chi connectivity index (χ0n) is 17.0. The normalized spacial score (nSPS) is 16.8. The van der Waals surface area contributed by atoms with Crippen LogP contribution in [0.15, 0.2) is 65.6 Å². The van der Waals surface area contributed by atoms with Crippen molar-refractivity contribution < 1.29 is 9.53 Å². The molecule has 1 unspecified atom stereocenters. The quantitative estimate of drug-likeness (QED) is 0.216.